The highest BCUT2D eigenvalue weighted by Gasteiger charge is 2.18. The van der Waals surface area contributed by atoms with Gasteiger partial charge < -0.3 is 4.42 Å². The number of nitrogens with one attached hydrogen (secondary N) is 1. The quantitative estimate of drug-likeness (QED) is 0.357. The molecule has 0 aliphatic carbocycles. The molecular formula is C26H17FN2O3S. The molecule has 2 heterocycles. The van der Waals surface area contributed by atoms with Crippen LogP contribution in [-0.2, 0) is 10.0 Å². The Balaban J connectivity index is 1.52. The summed E-state index contributed by atoms with van der Waals surface area (Å²) in [6.45, 7) is 1.89. The Bertz CT molecular complexity index is 1700. The largest absolute Gasteiger partial charge is 0.456 e. The maximum Gasteiger partial charge on any atom is 0.262 e. The summed E-state index contributed by atoms with van der Waals surface area (Å²) in [5.74, 6) is 5.23. The fraction of sp³-hybridized carbons (Fsp3) is 0.0385. The molecule has 2 aromatic heterocycles. The highest BCUT2D eigenvalue weighted by atomic mass is 32.2. The van der Waals surface area contributed by atoms with Crippen molar-refractivity contribution in [2.75, 3.05) is 4.72 Å². The van der Waals surface area contributed by atoms with Gasteiger partial charge in [-0.2, -0.15) is 0 Å². The fourth-order valence-corrected chi connectivity index (χ4v) is 4.64. The molecule has 0 radical (unpaired) electrons. The molecule has 3 aromatic carbocycles. The number of nitrogens with zero attached hydrogens (tertiary/aromatic N) is 1. The molecule has 7 heteroatoms. The lowest BCUT2D eigenvalue weighted by Gasteiger charge is -2.10. The van der Waals surface area contributed by atoms with Crippen LogP contribution in [0.2, 0.25) is 0 Å². The maximum atomic E-state index is 13.9. The van der Waals surface area contributed by atoms with Crippen LogP contribution in [0.1, 0.15) is 16.7 Å². The predicted octanol–water partition coefficient (Wildman–Crippen LogP) is 5.63. The first-order valence-electron chi connectivity index (χ1n) is 10.1. The summed E-state index contributed by atoms with van der Waals surface area (Å²) in [5.41, 5.74) is 3.10. The average molecular weight is 456 g/mol. The van der Waals surface area contributed by atoms with Crippen LogP contribution in [-0.4, -0.2) is 13.4 Å². The number of pyridine rings is 1. The number of para-hydroxylation sites is 1. The number of rotatable bonds is 3. The van der Waals surface area contributed by atoms with Crippen LogP contribution in [0.3, 0.4) is 0 Å². The van der Waals surface area contributed by atoms with Gasteiger partial charge in [0.25, 0.3) is 10.0 Å². The number of aryl methyl sites for hydroxylation is 1. The van der Waals surface area contributed by atoms with E-state index in [9.17, 15) is 12.8 Å². The minimum absolute atomic E-state index is 0.0279. The zero-order valence-electron chi connectivity index (χ0n) is 17.5. The number of sulfonamides is 1. The Labute approximate surface area is 189 Å². The van der Waals surface area contributed by atoms with E-state index in [4.69, 9.17) is 4.42 Å². The molecule has 5 nitrogen and oxygen atoms in total. The number of anilines is 1. The lowest BCUT2D eigenvalue weighted by molar-refractivity contribution is 0.600. The van der Waals surface area contributed by atoms with E-state index in [1.54, 1.807) is 18.5 Å². The van der Waals surface area contributed by atoms with Gasteiger partial charge in [-0.15, -0.1) is 0 Å². The van der Waals surface area contributed by atoms with Crippen LogP contribution < -0.4 is 4.72 Å². The van der Waals surface area contributed by atoms with E-state index < -0.39 is 15.8 Å². The summed E-state index contributed by atoms with van der Waals surface area (Å²) in [5, 5.41) is 1.73. The van der Waals surface area contributed by atoms with Crippen LogP contribution in [0.25, 0.3) is 21.9 Å². The van der Waals surface area contributed by atoms with Crippen molar-refractivity contribution in [3.05, 3.63) is 102 Å². The van der Waals surface area contributed by atoms with E-state index in [2.05, 4.69) is 21.5 Å². The van der Waals surface area contributed by atoms with E-state index in [-0.39, 0.29) is 16.1 Å². The highest BCUT2D eigenvalue weighted by Crippen LogP contribution is 2.31. The predicted molar refractivity (Wildman–Crippen MR) is 126 cm³/mol. The third-order valence-electron chi connectivity index (χ3n) is 5.10. The molecule has 0 saturated heterocycles. The molecule has 0 amide bonds. The van der Waals surface area contributed by atoms with Gasteiger partial charge in [0.05, 0.1) is 16.1 Å². The van der Waals surface area contributed by atoms with Crippen LogP contribution in [0.15, 0.2) is 88.4 Å². The summed E-state index contributed by atoms with van der Waals surface area (Å²) in [6, 6.07) is 17.8. The molecule has 1 N–H and O–H groups in total. The van der Waals surface area contributed by atoms with Crippen LogP contribution >= 0.6 is 0 Å². The highest BCUT2D eigenvalue weighted by molar-refractivity contribution is 7.92. The first kappa shape index (κ1) is 20.7. The molecule has 0 aliphatic heterocycles. The lowest BCUT2D eigenvalue weighted by atomic mass is 10.1. The molecule has 5 rings (SSSR count). The van der Waals surface area contributed by atoms with Crippen LogP contribution in [0.4, 0.5) is 10.1 Å². The Morgan fingerprint density at radius 1 is 0.909 bits per heavy atom. The van der Waals surface area contributed by atoms with Gasteiger partial charge in [-0.3, -0.25) is 9.71 Å². The molecule has 0 unspecified atom stereocenters. The van der Waals surface area contributed by atoms with Crippen molar-refractivity contribution in [2.45, 2.75) is 11.8 Å². The summed E-state index contributed by atoms with van der Waals surface area (Å²) < 4.78 is 48.4. The van der Waals surface area contributed by atoms with Crippen LogP contribution in [0.5, 0.6) is 0 Å². The summed E-state index contributed by atoms with van der Waals surface area (Å²) in [7, 11) is -3.98. The van der Waals surface area contributed by atoms with Crippen molar-refractivity contribution < 1.29 is 17.2 Å². The normalized spacial score (nSPS) is 11.3. The first-order valence-corrected chi connectivity index (χ1v) is 11.5. The second kappa shape index (κ2) is 8.08. The van der Waals surface area contributed by atoms with Crippen molar-refractivity contribution in [1.29, 1.82) is 0 Å². The van der Waals surface area contributed by atoms with Gasteiger partial charge >= 0.3 is 0 Å². The standard InChI is InChI=1S/C26H17FN2O3S/c1-17-12-18(16-28-15-17)6-7-19-13-20(27)8-11-24(19)29-33(30,31)21-9-10-23-22-4-2-3-5-25(22)32-26(23)14-21/h2-5,8-16,29H,1H3. The molecular weight excluding hydrogens is 439 g/mol. The molecule has 162 valence electrons. The summed E-state index contributed by atoms with van der Waals surface area (Å²) in [4.78, 5) is 4.11. The average Bonchev–Trinajstić information content (AvgIpc) is 3.17. The van der Waals surface area contributed by atoms with Gasteiger partial charge in [-0.25, -0.2) is 12.8 Å². The Morgan fingerprint density at radius 3 is 2.58 bits per heavy atom. The number of benzene rings is 3. The molecule has 0 aliphatic rings. The van der Waals surface area contributed by atoms with Crippen molar-refractivity contribution in [3.8, 4) is 11.8 Å². The maximum absolute atomic E-state index is 13.9. The molecule has 0 spiro atoms. The van der Waals surface area contributed by atoms with Crippen molar-refractivity contribution >= 4 is 37.6 Å². The minimum Gasteiger partial charge on any atom is -0.456 e. The third-order valence-corrected chi connectivity index (χ3v) is 6.47. The molecule has 33 heavy (non-hydrogen) atoms. The van der Waals surface area contributed by atoms with Gasteiger partial charge in [0, 0.05) is 34.8 Å². The van der Waals surface area contributed by atoms with E-state index in [1.807, 2.05) is 37.3 Å². The Morgan fingerprint density at radius 2 is 1.73 bits per heavy atom. The first-order chi connectivity index (χ1) is 15.9. The molecule has 5 aromatic rings. The monoisotopic (exact) mass is 456 g/mol. The van der Waals surface area contributed by atoms with E-state index in [0.29, 0.717) is 16.7 Å². The fourth-order valence-electron chi connectivity index (χ4n) is 3.55. The number of fused-ring (bicyclic) bond motifs is 3. The van der Waals surface area contributed by atoms with E-state index in [1.165, 1.54) is 30.3 Å². The second-order valence-corrected chi connectivity index (χ2v) is 9.23. The Kier molecular flexibility index (Phi) is 5.08. The van der Waals surface area contributed by atoms with Crippen LogP contribution in [0, 0.1) is 24.6 Å². The number of hydrogen-bond donors (Lipinski definition) is 1. The third kappa shape index (κ3) is 4.16. The summed E-state index contributed by atoms with van der Waals surface area (Å²) >= 11 is 0. The minimum atomic E-state index is -3.98. The zero-order valence-corrected chi connectivity index (χ0v) is 18.3. The zero-order chi connectivity index (χ0) is 23.0. The topological polar surface area (TPSA) is 72.2 Å². The molecule has 0 saturated carbocycles. The number of aromatic nitrogens is 1. The molecule has 0 bridgehead atoms. The molecule has 0 fully saturated rings. The van der Waals surface area contributed by atoms with Crippen molar-refractivity contribution in [2.24, 2.45) is 0 Å². The smallest absolute Gasteiger partial charge is 0.262 e. The van der Waals surface area contributed by atoms with Gasteiger partial charge in [0.15, 0.2) is 0 Å². The molecule has 0 atom stereocenters. The van der Waals surface area contributed by atoms with Gasteiger partial charge in [-0.1, -0.05) is 30.0 Å². The van der Waals surface area contributed by atoms with Gasteiger partial charge in [0.2, 0.25) is 0 Å². The van der Waals surface area contributed by atoms with E-state index in [0.717, 1.165) is 16.3 Å². The number of halogens is 1. The van der Waals surface area contributed by atoms with Crippen molar-refractivity contribution in [1.82, 2.24) is 4.98 Å². The number of hydrogen-bond acceptors (Lipinski definition) is 4. The van der Waals surface area contributed by atoms with E-state index >= 15 is 0 Å². The SMILES string of the molecule is Cc1cncc(C#Cc2cc(F)ccc2NS(=O)(=O)c2ccc3c(c2)oc2ccccc23)c1. The number of furan rings is 1. The van der Waals surface area contributed by atoms with Crippen molar-refractivity contribution in [3.63, 3.8) is 0 Å². The summed E-state index contributed by atoms with van der Waals surface area (Å²) in [6.07, 6.45) is 3.29. The lowest BCUT2D eigenvalue weighted by Crippen LogP contribution is -2.14. The Hall–Kier alpha value is -4.15. The second-order valence-electron chi connectivity index (χ2n) is 7.55. The van der Waals surface area contributed by atoms with Gasteiger partial charge in [0.1, 0.15) is 17.0 Å². The van der Waals surface area contributed by atoms with Gasteiger partial charge in [-0.05, 0) is 55.0 Å².